The van der Waals surface area contributed by atoms with Crippen LogP contribution in [-0.2, 0) is 13.1 Å². The first-order valence-corrected chi connectivity index (χ1v) is 7.43. The highest BCUT2D eigenvalue weighted by Gasteiger charge is 2.06. The molecule has 0 bridgehead atoms. The van der Waals surface area contributed by atoms with Crippen molar-refractivity contribution in [2.75, 3.05) is 0 Å². The van der Waals surface area contributed by atoms with E-state index in [4.69, 9.17) is 4.52 Å². The highest BCUT2D eigenvalue weighted by Crippen LogP contribution is 2.15. The van der Waals surface area contributed by atoms with Crippen molar-refractivity contribution in [2.24, 2.45) is 0 Å². The van der Waals surface area contributed by atoms with Crippen LogP contribution in [0.2, 0.25) is 0 Å². The molecule has 0 saturated heterocycles. The minimum Gasteiger partial charge on any atom is -0.364 e. The van der Waals surface area contributed by atoms with Gasteiger partial charge in [-0.15, -0.1) is 0 Å². The lowest BCUT2D eigenvalue weighted by molar-refractivity contribution is 0.408. The van der Waals surface area contributed by atoms with Crippen LogP contribution >= 0.6 is 15.9 Å². The normalized spacial score (nSPS) is 11.0. The van der Waals surface area contributed by atoms with E-state index in [0.29, 0.717) is 6.54 Å². The molecule has 0 aliphatic carbocycles. The molecule has 6 heteroatoms. The molecule has 0 spiro atoms. The SMILES string of the molecule is Cc1nn(-c2ccc(Br)cc2)cc1CNCc1ccon1. The summed E-state index contributed by atoms with van der Waals surface area (Å²) in [6.45, 7) is 3.44. The third-order valence-electron chi connectivity index (χ3n) is 3.20. The Morgan fingerprint density at radius 1 is 1.19 bits per heavy atom. The Morgan fingerprint density at radius 3 is 2.71 bits per heavy atom. The number of aryl methyl sites for hydroxylation is 1. The van der Waals surface area contributed by atoms with Crippen LogP contribution in [0.1, 0.15) is 17.0 Å². The molecule has 0 fully saturated rings. The molecule has 2 heterocycles. The average Bonchev–Trinajstić information content (AvgIpc) is 3.10. The average molecular weight is 347 g/mol. The van der Waals surface area contributed by atoms with Crippen molar-refractivity contribution in [3.8, 4) is 5.69 Å². The second-order valence-electron chi connectivity index (χ2n) is 4.76. The van der Waals surface area contributed by atoms with E-state index in [1.807, 2.05) is 48.1 Å². The van der Waals surface area contributed by atoms with E-state index >= 15 is 0 Å². The quantitative estimate of drug-likeness (QED) is 0.770. The minimum absolute atomic E-state index is 0.680. The molecule has 0 aliphatic heterocycles. The fourth-order valence-electron chi connectivity index (χ4n) is 2.05. The number of hydrogen-bond acceptors (Lipinski definition) is 4. The molecule has 5 nitrogen and oxygen atoms in total. The highest BCUT2D eigenvalue weighted by molar-refractivity contribution is 9.10. The number of rotatable bonds is 5. The maximum absolute atomic E-state index is 4.80. The highest BCUT2D eigenvalue weighted by atomic mass is 79.9. The molecule has 0 amide bonds. The molecule has 1 aromatic carbocycles. The Morgan fingerprint density at radius 2 is 2.00 bits per heavy atom. The standard InChI is InChI=1S/C15H15BrN4O/c1-11-12(8-17-9-14-6-7-21-19-14)10-20(18-11)15-4-2-13(16)3-5-15/h2-7,10,17H,8-9H2,1H3. The van der Waals surface area contributed by atoms with Crippen molar-refractivity contribution in [3.63, 3.8) is 0 Å². The number of nitrogens with one attached hydrogen (secondary N) is 1. The molecule has 108 valence electrons. The van der Waals surface area contributed by atoms with Gasteiger partial charge in [0.1, 0.15) is 6.26 Å². The third kappa shape index (κ3) is 3.40. The molecule has 0 unspecified atom stereocenters. The van der Waals surface area contributed by atoms with Crippen molar-refractivity contribution >= 4 is 15.9 Å². The molecule has 21 heavy (non-hydrogen) atoms. The molecule has 1 N–H and O–H groups in total. The summed E-state index contributed by atoms with van der Waals surface area (Å²) in [5.41, 5.74) is 4.13. The van der Waals surface area contributed by atoms with Crippen LogP contribution in [0.15, 0.2) is 51.8 Å². The monoisotopic (exact) mass is 346 g/mol. The predicted molar refractivity (Wildman–Crippen MR) is 83.0 cm³/mol. The van der Waals surface area contributed by atoms with E-state index in [2.05, 4.69) is 31.5 Å². The van der Waals surface area contributed by atoms with Gasteiger partial charge in [0.2, 0.25) is 0 Å². The molecule has 3 rings (SSSR count). The molecule has 0 aliphatic rings. The lowest BCUT2D eigenvalue weighted by Gasteiger charge is -2.01. The van der Waals surface area contributed by atoms with Crippen LogP contribution in [-0.4, -0.2) is 14.9 Å². The number of nitrogens with zero attached hydrogens (tertiary/aromatic N) is 3. The molecular formula is C15H15BrN4O. The Hall–Kier alpha value is -1.92. The van der Waals surface area contributed by atoms with E-state index < -0.39 is 0 Å². The Labute approximate surface area is 131 Å². The number of halogens is 1. The van der Waals surface area contributed by atoms with Gasteiger partial charge in [0, 0.05) is 35.4 Å². The molecule has 0 saturated carbocycles. The zero-order valence-electron chi connectivity index (χ0n) is 11.6. The number of aromatic nitrogens is 3. The lowest BCUT2D eigenvalue weighted by Crippen LogP contribution is -2.13. The zero-order chi connectivity index (χ0) is 14.7. The molecular weight excluding hydrogens is 332 g/mol. The van der Waals surface area contributed by atoms with E-state index in [0.717, 1.165) is 28.1 Å². The van der Waals surface area contributed by atoms with Crippen LogP contribution in [0.4, 0.5) is 0 Å². The fourth-order valence-corrected chi connectivity index (χ4v) is 2.31. The second kappa shape index (κ2) is 6.24. The summed E-state index contributed by atoms with van der Waals surface area (Å²) in [6, 6.07) is 9.93. The van der Waals surface area contributed by atoms with Crippen molar-refractivity contribution in [1.29, 1.82) is 0 Å². The summed E-state index contributed by atoms with van der Waals surface area (Å²) >= 11 is 3.44. The second-order valence-corrected chi connectivity index (χ2v) is 5.67. The van der Waals surface area contributed by atoms with Gasteiger partial charge in [-0.3, -0.25) is 0 Å². The van der Waals surface area contributed by atoms with Gasteiger partial charge in [0.25, 0.3) is 0 Å². The van der Waals surface area contributed by atoms with Gasteiger partial charge in [-0.05, 0) is 31.2 Å². The summed E-state index contributed by atoms with van der Waals surface area (Å²) < 4.78 is 7.76. The largest absolute Gasteiger partial charge is 0.364 e. The number of hydrogen-bond donors (Lipinski definition) is 1. The molecule has 3 aromatic rings. The summed E-state index contributed by atoms with van der Waals surface area (Å²) in [6.07, 6.45) is 3.63. The summed E-state index contributed by atoms with van der Waals surface area (Å²) in [4.78, 5) is 0. The smallest absolute Gasteiger partial charge is 0.124 e. The van der Waals surface area contributed by atoms with Gasteiger partial charge >= 0.3 is 0 Å². The third-order valence-corrected chi connectivity index (χ3v) is 3.73. The first-order chi connectivity index (χ1) is 10.2. The van der Waals surface area contributed by atoms with Gasteiger partial charge in [-0.25, -0.2) is 4.68 Å². The first-order valence-electron chi connectivity index (χ1n) is 6.63. The minimum atomic E-state index is 0.680. The molecule has 0 atom stereocenters. The summed E-state index contributed by atoms with van der Waals surface area (Å²) in [7, 11) is 0. The number of benzene rings is 1. The fraction of sp³-hybridized carbons (Fsp3) is 0.200. The van der Waals surface area contributed by atoms with E-state index in [-0.39, 0.29) is 0 Å². The lowest BCUT2D eigenvalue weighted by atomic mass is 10.2. The topological polar surface area (TPSA) is 55.9 Å². The summed E-state index contributed by atoms with van der Waals surface area (Å²) in [5, 5.41) is 11.8. The van der Waals surface area contributed by atoms with Crippen LogP contribution < -0.4 is 5.32 Å². The van der Waals surface area contributed by atoms with Gasteiger partial charge in [0.15, 0.2) is 0 Å². The maximum atomic E-state index is 4.80. The van der Waals surface area contributed by atoms with E-state index in [1.165, 1.54) is 5.56 Å². The van der Waals surface area contributed by atoms with Crippen LogP contribution in [0, 0.1) is 6.92 Å². The predicted octanol–water partition coefficient (Wildman–Crippen LogP) is 3.22. The van der Waals surface area contributed by atoms with E-state index in [1.54, 1.807) is 6.26 Å². The zero-order valence-corrected chi connectivity index (χ0v) is 13.2. The van der Waals surface area contributed by atoms with Crippen LogP contribution in [0.3, 0.4) is 0 Å². The molecule has 2 aromatic heterocycles. The summed E-state index contributed by atoms with van der Waals surface area (Å²) in [5.74, 6) is 0. The Balaban J connectivity index is 1.68. The van der Waals surface area contributed by atoms with Crippen molar-refractivity contribution in [2.45, 2.75) is 20.0 Å². The van der Waals surface area contributed by atoms with Gasteiger partial charge in [0.05, 0.1) is 17.1 Å². The maximum Gasteiger partial charge on any atom is 0.124 e. The van der Waals surface area contributed by atoms with Crippen molar-refractivity contribution in [1.82, 2.24) is 20.3 Å². The van der Waals surface area contributed by atoms with Gasteiger partial charge in [-0.2, -0.15) is 5.10 Å². The van der Waals surface area contributed by atoms with E-state index in [9.17, 15) is 0 Å². The first kappa shape index (κ1) is 14.0. The van der Waals surface area contributed by atoms with Crippen molar-refractivity contribution in [3.05, 3.63) is 64.2 Å². The Kier molecular flexibility index (Phi) is 4.17. The van der Waals surface area contributed by atoms with Gasteiger partial charge < -0.3 is 9.84 Å². The van der Waals surface area contributed by atoms with Gasteiger partial charge in [-0.1, -0.05) is 21.1 Å². The van der Waals surface area contributed by atoms with Crippen LogP contribution in [0.5, 0.6) is 0 Å². The van der Waals surface area contributed by atoms with Crippen LogP contribution in [0.25, 0.3) is 5.69 Å². The molecule has 0 radical (unpaired) electrons. The van der Waals surface area contributed by atoms with Crippen molar-refractivity contribution < 1.29 is 4.52 Å². The Bertz CT molecular complexity index is 704.